The molecular weight excluding hydrogens is 769 g/mol. The van der Waals surface area contributed by atoms with Crippen molar-refractivity contribution >= 4 is 17.9 Å². The number of rotatable bonds is 46. The Balaban J connectivity index is 4.42. The summed E-state index contributed by atoms with van der Waals surface area (Å²) in [5, 5.41) is 0. The normalized spacial score (nSPS) is 12.6. The van der Waals surface area contributed by atoms with E-state index in [4.69, 9.17) is 14.2 Å². The maximum absolute atomic E-state index is 12.7. The first-order valence-corrected chi connectivity index (χ1v) is 25.9. The molecule has 0 aromatic rings. The first-order valence-electron chi connectivity index (χ1n) is 25.9. The smallest absolute Gasteiger partial charge is 0.306 e. The van der Waals surface area contributed by atoms with Gasteiger partial charge >= 0.3 is 17.9 Å². The van der Waals surface area contributed by atoms with Crippen LogP contribution in [0.2, 0.25) is 0 Å². The van der Waals surface area contributed by atoms with Gasteiger partial charge in [-0.05, 0) is 70.6 Å². The van der Waals surface area contributed by atoms with Gasteiger partial charge in [0.2, 0.25) is 0 Å². The second-order valence-corrected chi connectivity index (χ2v) is 17.1. The lowest BCUT2D eigenvalue weighted by molar-refractivity contribution is -0.166. The highest BCUT2D eigenvalue weighted by Crippen LogP contribution is 2.15. The molecule has 0 aromatic carbocycles. The van der Waals surface area contributed by atoms with E-state index in [1.807, 2.05) is 12.2 Å². The highest BCUT2D eigenvalue weighted by molar-refractivity contribution is 5.71. The van der Waals surface area contributed by atoms with Gasteiger partial charge in [0, 0.05) is 19.3 Å². The number of ether oxygens (including phenoxy) is 3. The molecule has 1 atom stereocenters. The third-order valence-electron chi connectivity index (χ3n) is 10.9. The van der Waals surface area contributed by atoms with Crippen LogP contribution in [0.3, 0.4) is 0 Å². The summed E-state index contributed by atoms with van der Waals surface area (Å²) in [7, 11) is 0. The average molecular weight is 865 g/mol. The van der Waals surface area contributed by atoms with Gasteiger partial charge in [0.05, 0.1) is 0 Å². The summed E-state index contributed by atoms with van der Waals surface area (Å²) in [5.41, 5.74) is 0. The van der Waals surface area contributed by atoms with E-state index in [-0.39, 0.29) is 31.6 Å². The molecule has 0 radical (unpaired) electrons. The van der Waals surface area contributed by atoms with E-state index >= 15 is 0 Å². The van der Waals surface area contributed by atoms with Crippen LogP contribution in [-0.4, -0.2) is 37.2 Å². The summed E-state index contributed by atoms with van der Waals surface area (Å²) < 4.78 is 16.7. The lowest BCUT2D eigenvalue weighted by atomic mass is 10.0. The predicted octanol–water partition coefficient (Wildman–Crippen LogP) is 17.0. The molecule has 0 aliphatic heterocycles. The van der Waals surface area contributed by atoms with E-state index in [1.54, 1.807) is 0 Å². The Bertz CT molecular complexity index is 1180. The van der Waals surface area contributed by atoms with Crippen LogP contribution in [0.5, 0.6) is 0 Å². The minimum atomic E-state index is -0.816. The summed E-state index contributed by atoms with van der Waals surface area (Å²) in [6.45, 7) is 6.39. The van der Waals surface area contributed by atoms with E-state index in [9.17, 15) is 14.4 Å². The van der Waals surface area contributed by atoms with Crippen LogP contribution in [-0.2, 0) is 28.6 Å². The number of hydrogen-bond donors (Lipinski definition) is 0. The molecule has 62 heavy (non-hydrogen) atoms. The quantitative estimate of drug-likeness (QED) is 0.0262. The summed E-state index contributed by atoms with van der Waals surface area (Å²) in [4.78, 5) is 37.9. The SMILES string of the molecule is CC/C=C\C/C=C\C/C=C\C/C=C\CCC(=O)OC(COC(=O)CCCCCCC/C=C\C/C=C\CCC)COC(=O)CCCCCCCCCCCCCCCCCCCC. The van der Waals surface area contributed by atoms with Gasteiger partial charge in [0.1, 0.15) is 13.2 Å². The van der Waals surface area contributed by atoms with Crippen LogP contribution >= 0.6 is 0 Å². The lowest BCUT2D eigenvalue weighted by Gasteiger charge is -2.18. The van der Waals surface area contributed by atoms with Crippen molar-refractivity contribution in [3.8, 4) is 0 Å². The van der Waals surface area contributed by atoms with Gasteiger partial charge in [-0.25, -0.2) is 0 Å². The van der Waals surface area contributed by atoms with Crippen molar-refractivity contribution in [2.24, 2.45) is 0 Å². The Morgan fingerprint density at radius 1 is 0.339 bits per heavy atom. The van der Waals surface area contributed by atoms with Crippen LogP contribution < -0.4 is 0 Å². The molecule has 0 saturated carbocycles. The summed E-state index contributed by atoms with van der Waals surface area (Å²) in [6.07, 6.45) is 63.3. The van der Waals surface area contributed by atoms with Gasteiger partial charge in [0.25, 0.3) is 0 Å². The highest BCUT2D eigenvalue weighted by atomic mass is 16.6. The first-order chi connectivity index (χ1) is 30.5. The van der Waals surface area contributed by atoms with Gasteiger partial charge in [-0.15, -0.1) is 0 Å². The topological polar surface area (TPSA) is 78.9 Å². The minimum Gasteiger partial charge on any atom is -0.462 e. The molecule has 0 amide bonds. The zero-order valence-electron chi connectivity index (χ0n) is 40.6. The van der Waals surface area contributed by atoms with E-state index in [1.165, 1.54) is 103 Å². The molecule has 0 rings (SSSR count). The van der Waals surface area contributed by atoms with Crippen molar-refractivity contribution in [2.45, 2.75) is 252 Å². The number of carbonyl (C=O) groups excluding carboxylic acids is 3. The van der Waals surface area contributed by atoms with Crippen LogP contribution in [0, 0.1) is 0 Å². The fourth-order valence-electron chi connectivity index (χ4n) is 7.08. The predicted molar refractivity (Wildman–Crippen MR) is 265 cm³/mol. The Hall–Kier alpha value is -3.15. The van der Waals surface area contributed by atoms with Gasteiger partial charge in [-0.3, -0.25) is 14.4 Å². The third-order valence-corrected chi connectivity index (χ3v) is 10.9. The number of carbonyl (C=O) groups is 3. The van der Waals surface area contributed by atoms with Crippen LogP contribution in [0.4, 0.5) is 0 Å². The number of hydrogen-bond acceptors (Lipinski definition) is 6. The standard InChI is InChI=1S/C56H96O6/c1-4-7-10-13-16-19-22-25-26-27-28-29-32-34-37-40-43-46-49-55(58)61-52-53(62-56(59)50-47-44-41-38-35-31-24-21-18-15-12-9-6-3)51-60-54(57)48-45-42-39-36-33-30-23-20-17-14-11-8-5-2/h9,11-12,14,18,20-21,23,31,35,41,44,53H,4-8,10,13,15-17,19,22,24-30,32-34,36-40,42-43,45-52H2,1-3H3/b12-9-,14-11-,21-18-,23-20-,35-31-,44-41-. The Kier molecular flexibility index (Phi) is 47.9. The molecule has 0 saturated heterocycles. The molecule has 0 N–H and O–H groups in total. The molecule has 0 heterocycles. The van der Waals surface area contributed by atoms with E-state index in [2.05, 4.69) is 81.5 Å². The van der Waals surface area contributed by atoms with Crippen LogP contribution in [0.1, 0.15) is 245 Å². The van der Waals surface area contributed by atoms with Crippen molar-refractivity contribution in [3.05, 3.63) is 72.9 Å². The molecule has 0 spiro atoms. The fourth-order valence-corrected chi connectivity index (χ4v) is 7.08. The summed E-state index contributed by atoms with van der Waals surface area (Å²) in [5.74, 6) is -1.00. The zero-order chi connectivity index (χ0) is 45.1. The minimum absolute atomic E-state index is 0.107. The van der Waals surface area contributed by atoms with Gasteiger partial charge in [-0.2, -0.15) is 0 Å². The molecule has 0 aromatic heterocycles. The molecule has 0 bridgehead atoms. The molecule has 0 aliphatic rings. The van der Waals surface area contributed by atoms with Crippen LogP contribution in [0.25, 0.3) is 0 Å². The average Bonchev–Trinajstić information content (AvgIpc) is 3.27. The molecule has 0 aliphatic carbocycles. The first kappa shape index (κ1) is 58.9. The Labute approximate surface area is 382 Å². The largest absolute Gasteiger partial charge is 0.462 e. The molecular formula is C56H96O6. The maximum Gasteiger partial charge on any atom is 0.306 e. The fraction of sp³-hybridized carbons (Fsp3) is 0.732. The zero-order valence-corrected chi connectivity index (χ0v) is 40.6. The van der Waals surface area contributed by atoms with Crippen molar-refractivity contribution in [1.82, 2.24) is 0 Å². The van der Waals surface area contributed by atoms with E-state index < -0.39 is 12.1 Å². The lowest BCUT2D eigenvalue weighted by Crippen LogP contribution is -2.30. The van der Waals surface area contributed by atoms with Gasteiger partial charge in [0.15, 0.2) is 6.10 Å². The monoisotopic (exact) mass is 865 g/mol. The highest BCUT2D eigenvalue weighted by Gasteiger charge is 2.19. The maximum atomic E-state index is 12.7. The Morgan fingerprint density at radius 2 is 0.694 bits per heavy atom. The van der Waals surface area contributed by atoms with Gasteiger partial charge < -0.3 is 14.2 Å². The molecule has 0 fully saturated rings. The molecule has 6 nitrogen and oxygen atoms in total. The van der Waals surface area contributed by atoms with Crippen molar-refractivity contribution in [2.75, 3.05) is 13.2 Å². The molecule has 1 unspecified atom stereocenters. The van der Waals surface area contributed by atoms with Crippen LogP contribution in [0.15, 0.2) is 72.9 Å². The van der Waals surface area contributed by atoms with Crippen molar-refractivity contribution in [1.29, 1.82) is 0 Å². The van der Waals surface area contributed by atoms with Crippen molar-refractivity contribution in [3.63, 3.8) is 0 Å². The van der Waals surface area contributed by atoms with Crippen molar-refractivity contribution < 1.29 is 28.6 Å². The van der Waals surface area contributed by atoms with E-state index in [0.29, 0.717) is 19.3 Å². The number of unbranched alkanes of at least 4 members (excludes halogenated alkanes) is 23. The third kappa shape index (κ3) is 47.9. The Morgan fingerprint density at radius 3 is 1.11 bits per heavy atom. The van der Waals surface area contributed by atoms with Gasteiger partial charge in [-0.1, -0.05) is 229 Å². The molecule has 356 valence electrons. The number of esters is 3. The molecule has 6 heteroatoms. The summed E-state index contributed by atoms with van der Waals surface area (Å²) >= 11 is 0. The van der Waals surface area contributed by atoms with E-state index in [0.717, 1.165) is 96.3 Å². The second kappa shape index (κ2) is 50.5. The summed E-state index contributed by atoms with van der Waals surface area (Å²) in [6, 6.07) is 0. The number of allylic oxidation sites excluding steroid dienone is 12. The second-order valence-electron chi connectivity index (χ2n) is 17.1.